The fourth-order valence-electron chi connectivity index (χ4n) is 2.97. The molecule has 0 bridgehead atoms. The molecule has 1 aromatic heterocycles. The standard InChI is InChI=1S/C13H20N4O.ClH/c18-13(10-4-2-6-14-7-10)16-11-5-1-3-9-8-15-17-12(9)11;/h8,10-11,14H,1-7H2,(H,15,17)(H,16,18);1H. The molecule has 1 aromatic rings. The Morgan fingerprint density at radius 3 is 3.05 bits per heavy atom. The molecule has 19 heavy (non-hydrogen) atoms. The zero-order valence-electron chi connectivity index (χ0n) is 10.9. The molecule has 0 saturated carbocycles. The molecule has 2 heterocycles. The summed E-state index contributed by atoms with van der Waals surface area (Å²) in [4.78, 5) is 12.2. The Balaban J connectivity index is 0.00000133. The molecule has 0 radical (unpaired) electrons. The number of carbonyl (C=O) groups excluding carboxylic acids is 1. The van der Waals surface area contributed by atoms with Gasteiger partial charge in [-0.3, -0.25) is 9.89 Å². The molecule has 106 valence electrons. The first-order valence-electron chi connectivity index (χ1n) is 6.88. The SMILES string of the molecule is Cl.O=C(NC1CCCc2cn[nH]c21)C1CCCNC1. The van der Waals surface area contributed by atoms with E-state index in [1.807, 2.05) is 6.20 Å². The van der Waals surface area contributed by atoms with Gasteiger partial charge in [0.15, 0.2) is 0 Å². The summed E-state index contributed by atoms with van der Waals surface area (Å²) in [6.07, 6.45) is 7.19. The lowest BCUT2D eigenvalue weighted by atomic mass is 9.92. The highest BCUT2D eigenvalue weighted by Crippen LogP contribution is 2.28. The smallest absolute Gasteiger partial charge is 0.224 e. The summed E-state index contributed by atoms with van der Waals surface area (Å²) in [5.74, 6) is 0.321. The lowest BCUT2D eigenvalue weighted by Gasteiger charge is -2.27. The quantitative estimate of drug-likeness (QED) is 0.767. The van der Waals surface area contributed by atoms with E-state index in [0.29, 0.717) is 0 Å². The van der Waals surface area contributed by atoms with E-state index in [1.165, 1.54) is 5.56 Å². The molecule has 3 N–H and O–H groups in total. The lowest BCUT2D eigenvalue weighted by molar-refractivity contribution is -0.126. The fourth-order valence-corrected chi connectivity index (χ4v) is 2.97. The number of aromatic nitrogens is 2. The van der Waals surface area contributed by atoms with Gasteiger partial charge in [0.05, 0.1) is 23.9 Å². The molecule has 0 aromatic carbocycles. The van der Waals surface area contributed by atoms with Crippen molar-refractivity contribution in [3.05, 3.63) is 17.5 Å². The second-order valence-corrected chi connectivity index (χ2v) is 5.31. The van der Waals surface area contributed by atoms with E-state index in [-0.39, 0.29) is 30.3 Å². The van der Waals surface area contributed by atoms with Crippen molar-refractivity contribution in [2.24, 2.45) is 5.92 Å². The number of aryl methyl sites for hydroxylation is 1. The Bertz CT molecular complexity index is 428. The number of aromatic amines is 1. The van der Waals surface area contributed by atoms with Gasteiger partial charge in [-0.15, -0.1) is 12.4 Å². The molecule has 0 spiro atoms. The highest BCUT2D eigenvalue weighted by atomic mass is 35.5. The minimum atomic E-state index is 0. The molecule has 1 saturated heterocycles. The number of carbonyl (C=O) groups is 1. The topological polar surface area (TPSA) is 69.8 Å². The van der Waals surface area contributed by atoms with Crippen LogP contribution in [-0.4, -0.2) is 29.2 Å². The van der Waals surface area contributed by atoms with Crippen molar-refractivity contribution in [1.29, 1.82) is 0 Å². The highest BCUT2D eigenvalue weighted by molar-refractivity contribution is 5.85. The highest BCUT2D eigenvalue weighted by Gasteiger charge is 2.27. The van der Waals surface area contributed by atoms with Gasteiger partial charge in [0.25, 0.3) is 0 Å². The first-order chi connectivity index (χ1) is 8.84. The Morgan fingerprint density at radius 2 is 2.26 bits per heavy atom. The summed E-state index contributed by atoms with van der Waals surface area (Å²) in [5.41, 5.74) is 2.37. The number of fused-ring (bicyclic) bond motifs is 1. The predicted octanol–water partition coefficient (Wildman–Crippen LogP) is 1.32. The summed E-state index contributed by atoms with van der Waals surface area (Å²) in [6.45, 7) is 1.85. The van der Waals surface area contributed by atoms with Gasteiger partial charge in [0.1, 0.15) is 0 Å². The Morgan fingerprint density at radius 1 is 1.37 bits per heavy atom. The van der Waals surface area contributed by atoms with Crippen molar-refractivity contribution in [2.45, 2.75) is 38.1 Å². The number of piperidine rings is 1. The van der Waals surface area contributed by atoms with Crippen LogP contribution in [0.15, 0.2) is 6.20 Å². The van der Waals surface area contributed by atoms with Crippen molar-refractivity contribution >= 4 is 18.3 Å². The maximum absolute atomic E-state index is 12.2. The Labute approximate surface area is 119 Å². The molecule has 2 aliphatic rings. The van der Waals surface area contributed by atoms with Crippen molar-refractivity contribution in [3.8, 4) is 0 Å². The molecule has 6 heteroatoms. The van der Waals surface area contributed by atoms with Crippen LogP contribution in [0.4, 0.5) is 0 Å². The average Bonchev–Trinajstić information content (AvgIpc) is 2.89. The Kier molecular flexibility index (Phi) is 4.82. The summed E-state index contributed by atoms with van der Waals surface area (Å²) in [5, 5.41) is 13.6. The summed E-state index contributed by atoms with van der Waals surface area (Å²) in [6, 6.07) is 0.130. The number of rotatable bonds is 2. The van der Waals surface area contributed by atoms with Crippen molar-refractivity contribution in [1.82, 2.24) is 20.8 Å². The van der Waals surface area contributed by atoms with Crippen LogP contribution < -0.4 is 10.6 Å². The van der Waals surface area contributed by atoms with Crippen molar-refractivity contribution in [2.75, 3.05) is 13.1 Å². The second kappa shape index (κ2) is 6.39. The third-order valence-corrected chi connectivity index (χ3v) is 4.02. The van der Waals surface area contributed by atoms with Gasteiger partial charge in [-0.05, 0) is 44.2 Å². The molecule has 1 aliphatic carbocycles. The van der Waals surface area contributed by atoms with E-state index >= 15 is 0 Å². The van der Waals surface area contributed by atoms with Gasteiger partial charge in [-0.2, -0.15) is 5.10 Å². The third-order valence-electron chi connectivity index (χ3n) is 4.02. The number of hydrogen-bond donors (Lipinski definition) is 3. The number of hydrogen-bond acceptors (Lipinski definition) is 3. The first-order valence-corrected chi connectivity index (χ1v) is 6.88. The van der Waals surface area contributed by atoms with Crippen LogP contribution in [-0.2, 0) is 11.2 Å². The van der Waals surface area contributed by atoms with E-state index < -0.39 is 0 Å². The maximum Gasteiger partial charge on any atom is 0.224 e. The van der Waals surface area contributed by atoms with E-state index in [0.717, 1.165) is 50.9 Å². The molecule has 2 unspecified atom stereocenters. The predicted molar refractivity (Wildman–Crippen MR) is 75.3 cm³/mol. The molecule has 2 atom stereocenters. The van der Waals surface area contributed by atoms with Crippen LogP contribution in [0, 0.1) is 5.92 Å². The number of H-pyrrole nitrogens is 1. The van der Waals surface area contributed by atoms with Crippen LogP contribution in [0.5, 0.6) is 0 Å². The second-order valence-electron chi connectivity index (χ2n) is 5.31. The van der Waals surface area contributed by atoms with Gasteiger partial charge >= 0.3 is 0 Å². The van der Waals surface area contributed by atoms with Gasteiger partial charge in [0, 0.05) is 6.54 Å². The van der Waals surface area contributed by atoms with E-state index in [1.54, 1.807) is 0 Å². The maximum atomic E-state index is 12.2. The van der Waals surface area contributed by atoms with Crippen LogP contribution in [0.3, 0.4) is 0 Å². The zero-order chi connectivity index (χ0) is 12.4. The normalized spacial score (nSPS) is 26.1. The molecule has 1 fully saturated rings. The van der Waals surface area contributed by atoms with Crippen LogP contribution in [0.2, 0.25) is 0 Å². The molecule has 5 nitrogen and oxygen atoms in total. The van der Waals surface area contributed by atoms with Crippen molar-refractivity contribution < 1.29 is 4.79 Å². The average molecular weight is 285 g/mol. The number of halogens is 1. The van der Waals surface area contributed by atoms with Gasteiger partial charge in [0.2, 0.25) is 5.91 Å². The lowest BCUT2D eigenvalue weighted by Crippen LogP contribution is -2.42. The van der Waals surface area contributed by atoms with Crippen LogP contribution >= 0.6 is 12.4 Å². The van der Waals surface area contributed by atoms with E-state index in [4.69, 9.17) is 0 Å². The summed E-state index contributed by atoms with van der Waals surface area (Å²) in [7, 11) is 0. The van der Waals surface area contributed by atoms with Gasteiger partial charge < -0.3 is 10.6 Å². The molecule has 1 aliphatic heterocycles. The molecular weight excluding hydrogens is 264 g/mol. The minimum absolute atomic E-state index is 0. The molecule has 3 rings (SSSR count). The van der Waals surface area contributed by atoms with E-state index in [9.17, 15) is 4.79 Å². The van der Waals surface area contributed by atoms with Crippen LogP contribution in [0.25, 0.3) is 0 Å². The largest absolute Gasteiger partial charge is 0.347 e. The van der Waals surface area contributed by atoms with Crippen LogP contribution in [0.1, 0.15) is 43.0 Å². The summed E-state index contributed by atoms with van der Waals surface area (Å²) >= 11 is 0. The number of amides is 1. The monoisotopic (exact) mass is 284 g/mol. The first kappa shape index (κ1) is 14.3. The van der Waals surface area contributed by atoms with E-state index in [2.05, 4.69) is 20.8 Å². The van der Waals surface area contributed by atoms with Gasteiger partial charge in [-0.25, -0.2) is 0 Å². The number of nitrogens with zero attached hydrogens (tertiary/aromatic N) is 1. The molecular formula is C13H21ClN4O. The van der Waals surface area contributed by atoms with Crippen molar-refractivity contribution in [3.63, 3.8) is 0 Å². The molecule has 1 amide bonds. The zero-order valence-corrected chi connectivity index (χ0v) is 11.8. The Hall–Kier alpha value is -1.07. The third kappa shape index (κ3) is 3.09. The van der Waals surface area contributed by atoms with Gasteiger partial charge in [-0.1, -0.05) is 0 Å². The fraction of sp³-hybridized carbons (Fsp3) is 0.692. The summed E-state index contributed by atoms with van der Waals surface area (Å²) < 4.78 is 0. The number of nitrogens with one attached hydrogen (secondary N) is 3. The minimum Gasteiger partial charge on any atom is -0.347 e.